The molecular formula is C15H21N5O. The minimum absolute atomic E-state index is 0.152. The highest BCUT2D eigenvalue weighted by molar-refractivity contribution is 6.01. The molecule has 0 saturated heterocycles. The van der Waals surface area contributed by atoms with E-state index in [-0.39, 0.29) is 17.1 Å². The van der Waals surface area contributed by atoms with E-state index in [0.717, 1.165) is 17.8 Å². The van der Waals surface area contributed by atoms with Gasteiger partial charge in [0.15, 0.2) is 0 Å². The number of carbonyl (C=O) groups is 1. The van der Waals surface area contributed by atoms with E-state index in [0.29, 0.717) is 5.82 Å². The van der Waals surface area contributed by atoms with E-state index in [1.54, 1.807) is 0 Å². The fourth-order valence-electron chi connectivity index (χ4n) is 1.85. The molecule has 0 unspecified atom stereocenters. The molecule has 0 spiro atoms. The molecule has 0 saturated carbocycles. The van der Waals surface area contributed by atoms with Crippen LogP contribution in [0.4, 0.5) is 5.69 Å². The van der Waals surface area contributed by atoms with Crippen LogP contribution in [0.1, 0.15) is 42.8 Å². The zero-order valence-corrected chi connectivity index (χ0v) is 12.8. The summed E-state index contributed by atoms with van der Waals surface area (Å²) in [6.07, 6.45) is 0. The number of rotatable bonds is 4. The number of anilines is 1. The predicted molar refractivity (Wildman–Crippen MR) is 82.2 cm³/mol. The van der Waals surface area contributed by atoms with E-state index in [4.69, 9.17) is 0 Å². The Kier molecular flexibility index (Phi) is 4.37. The van der Waals surface area contributed by atoms with Gasteiger partial charge < -0.3 is 10.6 Å². The standard InChI is InChI=1S/C15H21N5O/c1-15(2,3)14-18-12(19-20-14)13(21)17-11-7-5-6-10(8-11)9-16-4/h5-8,16H,9H2,1-4H3,(H,17,21)(H,18,19,20). The van der Waals surface area contributed by atoms with Gasteiger partial charge in [-0.1, -0.05) is 32.9 Å². The Morgan fingerprint density at radius 3 is 2.71 bits per heavy atom. The molecular weight excluding hydrogens is 266 g/mol. The van der Waals surface area contributed by atoms with Crippen molar-refractivity contribution in [1.29, 1.82) is 0 Å². The maximum Gasteiger partial charge on any atom is 0.295 e. The molecule has 0 fully saturated rings. The second-order valence-electron chi connectivity index (χ2n) is 5.94. The van der Waals surface area contributed by atoms with Gasteiger partial charge in [-0.25, -0.2) is 4.98 Å². The number of benzene rings is 1. The molecule has 0 atom stereocenters. The van der Waals surface area contributed by atoms with Crippen LogP contribution in [-0.2, 0) is 12.0 Å². The lowest BCUT2D eigenvalue weighted by Crippen LogP contribution is -2.16. The molecule has 6 nitrogen and oxygen atoms in total. The van der Waals surface area contributed by atoms with Crippen LogP contribution in [0, 0.1) is 0 Å². The van der Waals surface area contributed by atoms with Crippen molar-refractivity contribution in [2.45, 2.75) is 32.7 Å². The van der Waals surface area contributed by atoms with Gasteiger partial charge >= 0.3 is 0 Å². The maximum absolute atomic E-state index is 12.2. The highest BCUT2D eigenvalue weighted by atomic mass is 16.2. The second-order valence-corrected chi connectivity index (χ2v) is 5.94. The van der Waals surface area contributed by atoms with Crippen LogP contribution in [0.15, 0.2) is 24.3 Å². The Balaban J connectivity index is 2.11. The molecule has 0 aliphatic rings. The highest BCUT2D eigenvalue weighted by Crippen LogP contribution is 2.18. The van der Waals surface area contributed by atoms with Crippen LogP contribution in [0.25, 0.3) is 0 Å². The monoisotopic (exact) mass is 287 g/mol. The number of aromatic nitrogens is 3. The third kappa shape index (κ3) is 3.88. The van der Waals surface area contributed by atoms with Crippen molar-refractivity contribution >= 4 is 11.6 Å². The van der Waals surface area contributed by atoms with E-state index in [1.807, 2.05) is 52.1 Å². The molecule has 0 aliphatic carbocycles. The highest BCUT2D eigenvalue weighted by Gasteiger charge is 2.21. The molecule has 2 aromatic rings. The average Bonchev–Trinajstić information content (AvgIpc) is 2.89. The summed E-state index contributed by atoms with van der Waals surface area (Å²) in [4.78, 5) is 16.4. The molecule has 1 heterocycles. The van der Waals surface area contributed by atoms with Gasteiger partial charge in [-0.3, -0.25) is 9.89 Å². The number of carbonyl (C=O) groups excluding carboxylic acids is 1. The van der Waals surface area contributed by atoms with E-state index in [9.17, 15) is 4.79 Å². The summed E-state index contributed by atoms with van der Waals surface area (Å²) >= 11 is 0. The molecule has 0 radical (unpaired) electrons. The molecule has 2 rings (SSSR count). The molecule has 0 bridgehead atoms. The van der Waals surface area contributed by atoms with Crippen molar-refractivity contribution in [2.24, 2.45) is 0 Å². The summed E-state index contributed by atoms with van der Waals surface area (Å²) in [6.45, 7) is 6.78. The first kappa shape index (κ1) is 15.2. The largest absolute Gasteiger partial charge is 0.319 e. The van der Waals surface area contributed by atoms with Gasteiger partial charge in [0.1, 0.15) is 5.82 Å². The minimum atomic E-state index is -0.316. The first-order valence-electron chi connectivity index (χ1n) is 6.88. The summed E-state index contributed by atoms with van der Waals surface area (Å²) in [6, 6.07) is 7.66. The minimum Gasteiger partial charge on any atom is -0.319 e. The fourth-order valence-corrected chi connectivity index (χ4v) is 1.85. The number of nitrogens with zero attached hydrogens (tertiary/aromatic N) is 2. The number of amides is 1. The fraction of sp³-hybridized carbons (Fsp3) is 0.400. The van der Waals surface area contributed by atoms with Crippen molar-refractivity contribution in [2.75, 3.05) is 12.4 Å². The van der Waals surface area contributed by atoms with Gasteiger partial charge in [0, 0.05) is 17.6 Å². The van der Waals surface area contributed by atoms with Crippen molar-refractivity contribution in [3.63, 3.8) is 0 Å². The number of hydrogen-bond acceptors (Lipinski definition) is 4. The van der Waals surface area contributed by atoms with Crippen LogP contribution in [0.5, 0.6) is 0 Å². The lowest BCUT2D eigenvalue weighted by Gasteiger charge is -2.12. The van der Waals surface area contributed by atoms with Crippen LogP contribution in [0.3, 0.4) is 0 Å². The van der Waals surface area contributed by atoms with Crippen molar-refractivity contribution in [3.8, 4) is 0 Å². The molecule has 1 aromatic carbocycles. The summed E-state index contributed by atoms with van der Waals surface area (Å²) in [5.41, 5.74) is 1.66. The second kappa shape index (κ2) is 6.05. The van der Waals surface area contributed by atoms with Crippen LogP contribution in [0.2, 0.25) is 0 Å². The summed E-state index contributed by atoms with van der Waals surface area (Å²) in [5, 5.41) is 12.7. The lowest BCUT2D eigenvalue weighted by atomic mass is 9.96. The van der Waals surface area contributed by atoms with Gasteiger partial charge in [-0.15, -0.1) is 5.10 Å². The summed E-state index contributed by atoms with van der Waals surface area (Å²) in [7, 11) is 1.88. The molecule has 1 amide bonds. The van der Waals surface area contributed by atoms with Gasteiger partial charge in [0.05, 0.1) is 0 Å². The SMILES string of the molecule is CNCc1cccc(NC(=O)c2n[nH]c(C(C)(C)C)n2)c1. The first-order valence-corrected chi connectivity index (χ1v) is 6.88. The zero-order valence-electron chi connectivity index (χ0n) is 12.8. The van der Waals surface area contributed by atoms with Crippen LogP contribution in [-0.4, -0.2) is 28.1 Å². The van der Waals surface area contributed by atoms with E-state index in [2.05, 4.69) is 25.8 Å². The van der Waals surface area contributed by atoms with Crippen molar-refractivity contribution in [1.82, 2.24) is 20.5 Å². The normalized spacial score (nSPS) is 11.4. The third-order valence-corrected chi connectivity index (χ3v) is 2.96. The summed E-state index contributed by atoms with van der Waals surface area (Å²) < 4.78 is 0. The van der Waals surface area contributed by atoms with Gasteiger partial charge in [0.25, 0.3) is 5.91 Å². The summed E-state index contributed by atoms with van der Waals surface area (Å²) in [5.74, 6) is 0.527. The van der Waals surface area contributed by atoms with E-state index >= 15 is 0 Å². The molecule has 3 N–H and O–H groups in total. The smallest absolute Gasteiger partial charge is 0.295 e. The quantitative estimate of drug-likeness (QED) is 0.804. The molecule has 1 aromatic heterocycles. The maximum atomic E-state index is 12.2. The molecule has 21 heavy (non-hydrogen) atoms. The lowest BCUT2D eigenvalue weighted by molar-refractivity contribution is 0.101. The Hall–Kier alpha value is -2.21. The predicted octanol–water partition coefficient (Wildman–Crippen LogP) is 2.07. The van der Waals surface area contributed by atoms with Gasteiger partial charge in [-0.2, -0.15) is 0 Å². The third-order valence-electron chi connectivity index (χ3n) is 2.96. The van der Waals surface area contributed by atoms with E-state index in [1.165, 1.54) is 0 Å². The Morgan fingerprint density at radius 1 is 1.33 bits per heavy atom. The van der Waals surface area contributed by atoms with Crippen LogP contribution >= 0.6 is 0 Å². The Morgan fingerprint density at radius 2 is 2.10 bits per heavy atom. The number of nitrogens with one attached hydrogen (secondary N) is 3. The van der Waals surface area contributed by atoms with Crippen molar-refractivity contribution in [3.05, 3.63) is 41.5 Å². The zero-order chi connectivity index (χ0) is 15.5. The van der Waals surface area contributed by atoms with Crippen molar-refractivity contribution < 1.29 is 4.79 Å². The first-order chi connectivity index (χ1) is 9.90. The number of hydrogen-bond donors (Lipinski definition) is 3. The van der Waals surface area contributed by atoms with Gasteiger partial charge in [-0.05, 0) is 24.7 Å². The Labute approximate surface area is 124 Å². The van der Waals surface area contributed by atoms with Gasteiger partial charge in [0.2, 0.25) is 5.82 Å². The Bertz CT molecular complexity index is 627. The topological polar surface area (TPSA) is 82.7 Å². The number of aromatic amines is 1. The number of H-pyrrole nitrogens is 1. The molecule has 0 aliphatic heterocycles. The average molecular weight is 287 g/mol. The molecule has 112 valence electrons. The van der Waals surface area contributed by atoms with Crippen LogP contribution < -0.4 is 10.6 Å². The van der Waals surface area contributed by atoms with E-state index < -0.39 is 0 Å². The molecule has 6 heteroatoms.